The zero-order chi connectivity index (χ0) is 14.5. The van der Waals surface area contributed by atoms with Crippen LogP contribution in [0.4, 0.5) is 4.39 Å². The summed E-state index contributed by atoms with van der Waals surface area (Å²) in [5.41, 5.74) is 7.47. The van der Waals surface area contributed by atoms with E-state index in [1.807, 2.05) is 0 Å². The lowest BCUT2D eigenvalue weighted by atomic mass is 9.94. The maximum absolute atomic E-state index is 13.9. The number of likely N-dealkylation sites (tertiary alicyclic amines) is 1. The maximum Gasteiger partial charge on any atom is 0.111 e. The zero-order valence-corrected chi connectivity index (χ0v) is 12.1. The van der Waals surface area contributed by atoms with E-state index in [2.05, 4.69) is 31.1 Å². The van der Waals surface area contributed by atoms with E-state index in [-0.39, 0.29) is 0 Å². The molecule has 0 aliphatic carbocycles. The molecule has 106 valence electrons. The monoisotopic (exact) mass is 264 g/mol. The van der Waals surface area contributed by atoms with Crippen molar-refractivity contribution in [2.75, 3.05) is 13.1 Å². The molecule has 0 radical (unpaired) electrons. The van der Waals surface area contributed by atoms with Crippen LogP contribution in [0.1, 0.15) is 33.1 Å². The van der Waals surface area contributed by atoms with Crippen LogP contribution in [0, 0.1) is 0 Å². The van der Waals surface area contributed by atoms with Gasteiger partial charge in [-0.05, 0) is 32.3 Å². The summed E-state index contributed by atoms with van der Waals surface area (Å²) in [6.07, 6.45) is 7.50. The second-order valence-corrected chi connectivity index (χ2v) is 5.18. The zero-order valence-electron chi connectivity index (χ0n) is 12.1. The first-order valence-corrected chi connectivity index (χ1v) is 6.84. The quantitative estimate of drug-likeness (QED) is 0.767. The number of piperidine rings is 1. The number of halogens is 1. The summed E-state index contributed by atoms with van der Waals surface area (Å²) < 4.78 is 13.9. The Bertz CT molecular complexity index is 395. The predicted molar refractivity (Wildman–Crippen MR) is 80.3 cm³/mol. The number of hydrogen-bond acceptors (Lipinski definition) is 2. The van der Waals surface area contributed by atoms with Gasteiger partial charge in [-0.1, -0.05) is 32.2 Å². The Morgan fingerprint density at radius 1 is 1.32 bits per heavy atom. The molecular formula is C16H25FN2. The van der Waals surface area contributed by atoms with Gasteiger partial charge in [0.15, 0.2) is 0 Å². The van der Waals surface area contributed by atoms with Crippen LogP contribution in [-0.4, -0.2) is 23.7 Å². The van der Waals surface area contributed by atoms with E-state index < -0.39 is 5.67 Å². The van der Waals surface area contributed by atoms with Crippen molar-refractivity contribution < 1.29 is 4.39 Å². The first kappa shape index (κ1) is 15.5. The summed E-state index contributed by atoms with van der Waals surface area (Å²) >= 11 is 0. The van der Waals surface area contributed by atoms with Crippen molar-refractivity contribution in [3.63, 3.8) is 0 Å². The van der Waals surface area contributed by atoms with Crippen LogP contribution in [-0.2, 0) is 0 Å². The molecule has 1 saturated heterocycles. The van der Waals surface area contributed by atoms with Gasteiger partial charge in [0.1, 0.15) is 5.67 Å². The van der Waals surface area contributed by atoms with E-state index in [4.69, 9.17) is 5.73 Å². The predicted octanol–water partition coefficient (Wildman–Crippen LogP) is 3.69. The summed E-state index contributed by atoms with van der Waals surface area (Å²) in [5, 5.41) is 0. The molecule has 0 aromatic carbocycles. The van der Waals surface area contributed by atoms with Gasteiger partial charge in [-0.3, -0.25) is 0 Å². The Kier molecular flexibility index (Phi) is 5.40. The molecule has 1 rings (SSSR count). The number of rotatable bonds is 5. The van der Waals surface area contributed by atoms with Crippen molar-refractivity contribution in [3.8, 4) is 0 Å². The van der Waals surface area contributed by atoms with Crippen LogP contribution >= 0.6 is 0 Å². The highest BCUT2D eigenvalue weighted by Crippen LogP contribution is 2.30. The van der Waals surface area contributed by atoms with Gasteiger partial charge in [0.25, 0.3) is 0 Å². The molecule has 1 aliphatic heterocycles. The summed E-state index contributed by atoms with van der Waals surface area (Å²) in [5.74, 6) is 0. The van der Waals surface area contributed by atoms with Crippen LogP contribution < -0.4 is 5.73 Å². The minimum atomic E-state index is -1.05. The largest absolute Gasteiger partial charge is 0.398 e. The van der Waals surface area contributed by atoms with E-state index in [1.54, 1.807) is 19.1 Å². The van der Waals surface area contributed by atoms with Crippen molar-refractivity contribution in [1.29, 1.82) is 0 Å². The first-order valence-electron chi connectivity index (χ1n) is 6.84. The van der Waals surface area contributed by atoms with Crippen molar-refractivity contribution >= 4 is 0 Å². The molecule has 3 heteroatoms. The summed E-state index contributed by atoms with van der Waals surface area (Å²) in [6.45, 7) is 12.7. The van der Waals surface area contributed by atoms with Gasteiger partial charge in [-0.25, -0.2) is 4.39 Å². The third-order valence-corrected chi connectivity index (χ3v) is 3.56. The van der Waals surface area contributed by atoms with Crippen LogP contribution in [0.5, 0.6) is 0 Å². The fourth-order valence-electron chi connectivity index (χ4n) is 2.30. The third-order valence-electron chi connectivity index (χ3n) is 3.56. The molecular weight excluding hydrogens is 239 g/mol. The highest BCUT2D eigenvalue weighted by molar-refractivity contribution is 5.44. The average molecular weight is 264 g/mol. The maximum atomic E-state index is 13.9. The van der Waals surface area contributed by atoms with E-state index >= 15 is 0 Å². The highest BCUT2D eigenvalue weighted by atomic mass is 19.1. The Labute approximate surface area is 116 Å². The Balaban J connectivity index is 3.00. The summed E-state index contributed by atoms with van der Waals surface area (Å²) in [7, 11) is 0. The Morgan fingerprint density at radius 2 is 1.89 bits per heavy atom. The molecule has 1 fully saturated rings. The van der Waals surface area contributed by atoms with E-state index in [1.165, 1.54) is 0 Å². The number of nitrogens with zero attached hydrogens (tertiary/aromatic N) is 1. The Morgan fingerprint density at radius 3 is 2.32 bits per heavy atom. The molecule has 0 amide bonds. The third kappa shape index (κ3) is 3.98. The van der Waals surface area contributed by atoms with Crippen LogP contribution in [0.15, 0.2) is 48.4 Å². The average Bonchev–Trinajstić information content (AvgIpc) is 2.38. The first-order chi connectivity index (χ1) is 8.95. The van der Waals surface area contributed by atoms with Crippen LogP contribution in [0.2, 0.25) is 0 Å². The molecule has 2 N–H and O–H groups in total. The van der Waals surface area contributed by atoms with Gasteiger partial charge in [0.2, 0.25) is 0 Å². The molecule has 0 saturated carbocycles. The standard InChI is InChI=1S/C16H25FN2/c1-5-8-15(13(6-2)14(18)7-3)19-11-9-16(4,17)10-12-19/h6-8H,2-3,5,9-12,18H2,1,4H3/b14-13-,15-8-. The van der Waals surface area contributed by atoms with Crippen LogP contribution in [0.25, 0.3) is 0 Å². The molecule has 19 heavy (non-hydrogen) atoms. The lowest BCUT2D eigenvalue weighted by molar-refractivity contribution is 0.0913. The van der Waals surface area contributed by atoms with E-state index in [9.17, 15) is 4.39 Å². The van der Waals surface area contributed by atoms with Gasteiger partial charge in [-0.2, -0.15) is 0 Å². The topological polar surface area (TPSA) is 29.3 Å². The van der Waals surface area contributed by atoms with E-state index in [0.29, 0.717) is 31.6 Å². The second-order valence-electron chi connectivity index (χ2n) is 5.18. The SMILES string of the molecule is C=C/C(N)=C(C=C)/C(=C/CC)N1CCC(C)(F)CC1. The highest BCUT2D eigenvalue weighted by Gasteiger charge is 2.30. The number of alkyl halides is 1. The van der Waals surface area contributed by atoms with E-state index in [0.717, 1.165) is 17.7 Å². The Hall–Kier alpha value is -1.51. The van der Waals surface area contributed by atoms with Gasteiger partial charge < -0.3 is 10.6 Å². The van der Waals surface area contributed by atoms with Crippen molar-refractivity contribution in [2.45, 2.75) is 38.8 Å². The minimum absolute atomic E-state index is 0.548. The number of nitrogens with two attached hydrogens (primary N) is 1. The summed E-state index contributed by atoms with van der Waals surface area (Å²) in [6, 6.07) is 0. The lowest BCUT2D eigenvalue weighted by Gasteiger charge is -2.37. The molecule has 2 nitrogen and oxygen atoms in total. The molecule has 0 aromatic heterocycles. The van der Waals surface area contributed by atoms with Crippen molar-refractivity contribution in [2.24, 2.45) is 5.73 Å². The molecule has 0 spiro atoms. The molecule has 0 bridgehead atoms. The molecule has 1 aliphatic rings. The summed E-state index contributed by atoms with van der Waals surface area (Å²) in [4.78, 5) is 2.19. The van der Waals surface area contributed by atoms with Gasteiger partial charge in [-0.15, -0.1) is 0 Å². The van der Waals surface area contributed by atoms with Crippen molar-refractivity contribution in [1.82, 2.24) is 4.90 Å². The normalized spacial score (nSPS) is 20.8. The van der Waals surface area contributed by atoms with Crippen molar-refractivity contribution in [3.05, 3.63) is 48.4 Å². The molecule has 0 aromatic rings. The number of allylic oxidation sites excluding steroid dienone is 3. The van der Waals surface area contributed by atoms with Gasteiger partial charge in [0, 0.05) is 30.1 Å². The smallest absolute Gasteiger partial charge is 0.111 e. The fourth-order valence-corrected chi connectivity index (χ4v) is 2.30. The second kappa shape index (κ2) is 6.60. The molecule has 0 atom stereocenters. The number of hydrogen-bond donors (Lipinski definition) is 1. The van der Waals surface area contributed by atoms with Gasteiger partial charge in [0.05, 0.1) is 0 Å². The lowest BCUT2D eigenvalue weighted by Crippen LogP contribution is -2.40. The molecule has 0 unspecified atom stereocenters. The molecule has 1 heterocycles. The van der Waals surface area contributed by atoms with Crippen LogP contribution in [0.3, 0.4) is 0 Å². The minimum Gasteiger partial charge on any atom is -0.398 e. The van der Waals surface area contributed by atoms with Gasteiger partial charge >= 0.3 is 0 Å². The fraction of sp³-hybridized carbons (Fsp3) is 0.500.